The highest BCUT2D eigenvalue weighted by Gasteiger charge is 2.00. The Kier molecular flexibility index (Phi) is 24.6. The van der Waals surface area contributed by atoms with Gasteiger partial charge in [0.15, 0.2) is 0 Å². The van der Waals surface area contributed by atoms with E-state index in [1.54, 1.807) is 0 Å². The maximum absolute atomic E-state index is 11.5. The first-order chi connectivity index (χ1) is 13.8. The van der Waals surface area contributed by atoms with Gasteiger partial charge < -0.3 is 5.32 Å². The van der Waals surface area contributed by atoms with E-state index < -0.39 is 0 Å². The maximum Gasteiger partial charge on any atom is 0.219 e. The Morgan fingerprint density at radius 3 is 1.29 bits per heavy atom. The molecule has 0 saturated carbocycles. The van der Waals surface area contributed by atoms with Gasteiger partial charge in [-0.2, -0.15) is 0 Å². The van der Waals surface area contributed by atoms with E-state index in [2.05, 4.69) is 12.2 Å². The van der Waals surface area contributed by atoms with Gasteiger partial charge in [0.05, 0.1) is 0 Å². The van der Waals surface area contributed by atoms with Gasteiger partial charge in [0.1, 0.15) is 0 Å². The minimum absolute atomic E-state index is 0.192. The van der Waals surface area contributed by atoms with E-state index in [-0.39, 0.29) is 5.91 Å². The summed E-state index contributed by atoms with van der Waals surface area (Å²) < 4.78 is 0. The Balaban J connectivity index is 3.06. The molecule has 2 nitrogen and oxygen atoms in total. The molecule has 0 heterocycles. The Labute approximate surface area is 182 Å². The first-order valence-electron chi connectivity index (χ1n) is 12.6. The smallest absolute Gasteiger partial charge is 0.219 e. The number of carbonyl (C=O) groups excluding carboxylic acids is 1. The van der Waals surface area contributed by atoms with Crippen LogP contribution in [-0.2, 0) is 4.79 Å². The van der Waals surface area contributed by atoms with Crippen LogP contribution in [0.25, 0.3) is 0 Å². The molecule has 0 bridgehead atoms. The molecule has 168 valence electrons. The summed E-state index contributed by atoms with van der Waals surface area (Å²) in [6.45, 7) is 3.01. The van der Waals surface area contributed by atoms with Crippen LogP contribution >= 0.6 is 11.6 Å². The largest absolute Gasteiger partial charge is 0.356 e. The number of rotatable bonds is 23. The fraction of sp³-hybridized carbons (Fsp3) is 0.960. The molecule has 0 aromatic rings. The summed E-state index contributed by atoms with van der Waals surface area (Å²) in [5.74, 6) is 0.816. The Morgan fingerprint density at radius 2 is 0.929 bits per heavy atom. The van der Waals surface area contributed by atoms with Crippen LogP contribution in [0.15, 0.2) is 0 Å². The second kappa shape index (κ2) is 24.8. The molecule has 0 radical (unpaired) electrons. The van der Waals surface area contributed by atoms with Crippen LogP contribution in [-0.4, -0.2) is 18.3 Å². The molecule has 0 aromatic carbocycles. The Bertz CT molecular complexity index is 309. The quantitative estimate of drug-likeness (QED) is 0.131. The number of nitrogens with one attached hydrogen (secondary N) is 1. The highest BCUT2D eigenvalue weighted by atomic mass is 35.5. The van der Waals surface area contributed by atoms with E-state index in [1.165, 1.54) is 116 Å². The van der Waals surface area contributed by atoms with Crippen molar-refractivity contribution in [1.29, 1.82) is 0 Å². The number of carbonyl (C=O) groups is 1. The molecule has 0 unspecified atom stereocenters. The zero-order valence-corrected chi connectivity index (χ0v) is 19.8. The fourth-order valence-electron chi connectivity index (χ4n) is 3.75. The lowest BCUT2D eigenvalue weighted by atomic mass is 10.0. The van der Waals surface area contributed by atoms with Gasteiger partial charge in [-0.1, -0.05) is 122 Å². The number of unbranched alkanes of at least 4 members (excludes halogenated alkanes) is 18. The second-order valence-electron chi connectivity index (χ2n) is 8.51. The number of amides is 1. The van der Waals surface area contributed by atoms with Crippen molar-refractivity contribution in [3.63, 3.8) is 0 Å². The molecule has 0 aliphatic heterocycles. The number of hydrogen-bond donors (Lipinski definition) is 1. The zero-order chi connectivity index (χ0) is 20.5. The molecule has 1 N–H and O–H groups in total. The summed E-state index contributed by atoms with van der Waals surface area (Å²) in [7, 11) is 0. The topological polar surface area (TPSA) is 29.1 Å². The number of hydrogen-bond acceptors (Lipinski definition) is 1. The van der Waals surface area contributed by atoms with E-state index in [9.17, 15) is 4.79 Å². The summed E-state index contributed by atoms with van der Waals surface area (Å²) in [5.41, 5.74) is 0. The molecule has 0 aromatic heterocycles. The monoisotopic (exact) mass is 415 g/mol. The predicted molar refractivity (Wildman–Crippen MR) is 126 cm³/mol. The van der Waals surface area contributed by atoms with E-state index in [1.807, 2.05) is 0 Å². The van der Waals surface area contributed by atoms with Crippen molar-refractivity contribution in [3.05, 3.63) is 0 Å². The van der Waals surface area contributed by atoms with Crippen molar-refractivity contribution < 1.29 is 4.79 Å². The molecule has 0 aliphatic rings. The standard InChI is InChI=1S/C25H50ClNO/c1-2-3-4-5-6-7-8-9-10-11-12-13-14-15-16-17-18-19-20-22-25(28)27-24-21-23-26/h2-24H2,1H3,(H,27,28). The van der Waals surface area contributed by atoms with Gasteiger partial charge in [-0.3, -0.25) is 4.79 Å². The summed E-state index contributed by atoms with van der Waals surface area (Å²) in [4.78, 5) is 11.5. The van der Waals surface area contributed by atoms with Crippen molar-refractivity contribution in [2.24, 2.45) is 0 Å². The van der Waals surface area contributed by atoms with E-state index in [4.69, 9.17) is 11.6 Å². The van der Waals surface area contributed by atoms with Gasteiger partial charge in [0, 0.05) is 18.8 Å². The molecular weight excluding hydrogens is 366 g/mol. The van der Waals surface area contributed by atoms with E-state index in [0.717, 1.165) is 19.4 Å². The van der Waals surface area contributed by atoms with Gasteiger partial charge in [-0.15, -0.1) is 11.6 Å². The molecular formula is C25H50ClNO. The fourth-order valence-corrected chi connectivity index (χ4v) is 3.88. The lowest BCUT2D eigenvalue weighted by molar-refractivity contribution is -0.121. The van der Waals surface area contributed by atoms with Crippen molar-refractivity contribution in [1.82, 2.24) is 5.32 Å². The van der Waals surface area contributed by atoms with Crippen LogP contribution < -0.4 is 5.32 Å². The Hall–Kier alpha value is -0.240. The third-order valence-electron chi connectivity index (χ3n) is 5.64. The van der Waals surface area contributed by atoms with Crippen LogP contribution in [0.2, 0.25) is 0 Å². The van der Waals surface area contributed by atoms with Crippen molar-refractivity contribution in [2.45, 2.75) is 142 Å². The molecule has 0 rings (SSSR count). The van der Waals surface area contributed by atoms with Crippen LogP contribution in [0.5, 0.6) is 0 Å². The SMILES string of the molecule is CCCCCCCCCCCCCCCCCCCCCC(=O)NCCCCl. The number of alkyl halides is 1. The number of halogens is 1. The first kappa shape index (κ1) is 27.8. The average molecular weight is 416 g/mol. The predicted octanol–water partition coefficient (Wildman–Crippen LogP) is 8.55. The molecule has 3 heteroatoms. The highest BCUT2D eigenvalue weighted by Crippen LogP contribution is 2.14. The third-order valence-corrected chi connectivity index (χ3v) is 5.91. The van der Waals surface area contributed by atoms with Gasteiger partial charge in [-0.05, 0) is 12.8 Å². The summed E-state index contributed by atoms with van der Waals surface area (Å²) in [6, 6.07) is 0. The summed E-state index contributed by atoms with van der Waals surface area (Å²) in [6.07, 6.45) is 27.9. The van der Waals surface area contributed by atoms with Crippen molar-refractivity contribution in [3.8, 4) is 0 Å². The lowest BCUT2D eigenvalue weighted by Gasteiger charge is -2.05. The van der Waals surface area contributed by atoms with E-state index >= 15 is 0 Å². The molecule has 28 heavy (non-hydrogen) atoms. The zero-order valence-electron chi connectivity index (χ0n) is 19.0. The van der Waals surface area contributed by atoms with E-state index in [0.29, 0.717) is 12.3 Å². The van der Waals surface area contributed by atoms with Crippen molar-refractivity contribution >= 4 is 17.5 Å². The molecule has 1 amide bonds. The lowest BCUT2D eigenvalue weighted by Crippen LogP contribution is -2.24. The Morgan fingerprint density at radius 1 is 0.571 bits per heavy atom. The van der Waals surface area contributed by atoms with Gasteiger partial charge in [0.2, 0.25) is 5.91 Å². The average Bonchev–Trinajstić information content (AvgIpc) is 2.70. The third kappa shape index (κ3) is 23.8. The van der Waals surface area contributed by atoms with Crippen LogP contribution in [0.3, 0.4) is 0 Å². The second-order valence-corrected chi connectivity index (χ2v) is 8.88. The molecule has 0 atom stereocenters. The maximum atomic E-state index is 11.5. The normalized spacial score (nSPS) is 11.1. The van der Waals surface area contributed by atoms with Crippen LogP contribution in [0, 0.1) is 0 Å². The van der Waals surface area contributed by atoms with Crippen LogP contribution in [0.1, 0.15) is 142 Å². The van der Waals surface area contributed by atoms with Crippen molar-refractivity contribution in [2.75, 3.05) is 12.4 Å². The van der Waals surface area contributed by atoms with Gasteiger partial charge in [-0.25, -0.2) is 0 Å². The molecule has 0 saturated heterocycles. The van der Waals surface area contributed by atoms with Crippen LogP contribution in [0.4, 0.5) is 0 Å². The molecule has 0 spiro atoms. The summed E-state index contributed by atoms with van der Waals surface area (Å²) >= 11 is 5.60. The summed E-state index contributed by atoms with van der Waals surface area (Å²) in [5, 5.41) is 2.92. The minimum Gasteiger partial charge on any atom is -0.356 e. The molecule has 0 aliphatic carbocycles. The highest BCUT2D eigenvalue weighted by molar-refractivity contribution is 6.17. The van der Waals surface area contributed by atoms with Gasteiger partial charge in [0.25, 0.3) is 0 Å². The first-order valence-corrected chi connectivity index (χ1v) is 13.2. The van der Waals surface area contributed by atoms with Gasteiger partial charge >= 0.3 is 0 Å². The molecule has 0 fully saturated rings. The minimum atomic E-state index is 0.192.